The molecule has 1 aliphatic heterocycles. The van der Waals surface area contributed by atoms with E-state index >= 15 is 0 Å². The van der Waals surface area contributed by atoms with Crippen LogP contribution in [-0.4, -0.2) is 29.3 Å². The van der Waals surface area contributed by atoms with Crippen molar-refractivity contribution in [2.75, 3.05) is 13.2 Å². The highest BCUT2D eigenvalue weighted by atomic mass is 16.5. The lowest BCUT2D eigenvalue weighted by molar-refractivity contribution is -0.136. The number of carboxylic acid groups (broad SMARTS) is 1. The summed E-state index contributed by atoms with van der Waals surface area (Å²) in [7, 11) is 0. The highest BCUT2D eigenvalue weighted by Crippen LogP contribution is 2.26. The van der Waals surface area contributed by atoms with E-state index < -0.39 is 5.97 Å². The van der Waals surface area contributed by atoms with E-state index in [0.29, 0.717) is 12.3 Å². The molecule has 5 heteroatoms. The fourth-order valence-electron chi connectivity index (χ4n) is 1.80. The van der Waals surface area contributed by atoms with E-state index in [4.69, 9.17) is 14.3 Å². The van der Waals surface area contributed by atoms with Crippen LogP contribution in [0.15, 0.2) is 10.7 Å². The summed E-state index contributed by atoms with van der Waals surface area (Å²) >= 11 is 0. The third-order valence-electron chi connectivity index (χ3n) is 2.74. The Hall–Kier alpha value is -1.36. The summed E-state index contributed by atoms with van der Waals surface area (Å²) in [5, 5.41) is 8.56. The highest BCUT2D eigenvalue weighted by molar-refractivity contribution is 5.66. The number of ether oxygens (including phenoxy) is 1. The van der Waals surface area contributed by atoms with Crippen molar-refractivity contribution in [1.29, 1.82) is 0 Å². The lowest BCUT2D eigenvalue weighted by atomic mass is 10.0. The second-order valence-electron chi connectivity index (χ2n) is 3.96. The molecule has 5 nitrogen and oxygen atoms in total. The minimum Gasteiger partial charge on any atom is -0.481 e. The molecule has 0 saturated carbocycles. The first-order chi connectivity index (χ1) is 7.75. The van der Waals surface area contributed by atoms with E-state index in [1.54, 1.807) is 6.26 Å². The minimum absolute atomic E-state index is 0.0970. The Balaban J connectivity index is 1.93. The Bertz CT molecular complexity index is 355. The van der Waals surface area contributed by atoms with Gasteiger partial charge in [-0.05, 0) is 12.8 Å². The molecule has 88 valence electrons. The molecule has 16 heavy (non-hydrogen) atoms. The van der Waals surface area contributed by atoms with Crippen LogP contribution in [0.25, 0.3) is 0 Å². The van der Waals surface area contributed by atoms with E-state index in [9.17, 15) is 4.79 Å². The summed E-state index contributed by atoms with van der Waals surface area (Å²) in [6.45, 7) is 1.50. The smallest absolute Gasteiger partial charge is 0.303 e. The molecule has 0 amide bonds. The van der Waals surface area contributed by atoms with E-state index in [2.05, 4.69) is 4.98 Å². The molecule has 1 aromatic heterocycles. The number of rotatable bonds is 4. The van der Waals surface area contributed by atoms with Crippen LogP contribution in [0.3, 0.4) is 0 Å². The summed E-state index contributed by atoms with van der Waals surface area (Å²) in [6.07, 6.45) is 3.95. The standard InChI is InChI=1S/C11H15NO4/c13-10(14)2-1-9-7-16-11(12-9)8-3-5-15-6-4-8/h7-8H,1-6H2,(H,13,14). The monoisotopic (exact) mass is 225 g/mol. The largest absolute Gasteiger partial charge is 0.481 e. The molecule has 0 radical (unpaired) electrons. The van der Waals surface area contributed by atoms with Crippen LogP contribution in [0, 0.1) is 0 Å². The summed E-state index contributed by atoms with van der Waals surface area (Å²) in [5.74, 6) is 0.242. The van der Waals surface area contributed by atoms with Gasteiger partial charge >= 0.3 is 5.97 Å². The van der Waals surface area contributed by atoms with Gasteiger partial charge in [-0.2, -0.15) is 0 Å². The first kappa shape index (κ1) is 11.1. The van der Waals surface area contributed by atoms with Crippen LogP contribution in [0.2, 0.25) is 0 Å². The van der Waals surface area contributed by atoms with Crippen molar-refractivity contribution in [3.63, 3.8) is 0 Å². The Morgan fingerprint density at radius 1 is 1.50 bits per heavy atom. The fraction of sp³-hybridized carbons (Fsp3) is 0.636. The highest BCUT2D eigenvalue weighted by Gasteiger charge is 2.20. The van der Waals surface area contributed by atoms with Gasteiger partial charge in [0.2, 0.25) is 0 Å². The first-order valence-electron chi connectivity index (χ1n) is 5.49. The van der Waals surface area contributed by atoms with Gasteiger partial charge in [0, 0.05) is 25.6 Å². The van der Waals surface area contributed by atoms with Gasteiger partial charge in [-0.3, -0.25) is 4.79 Å². The molecular formula is C11H15NO4. The van der Waals surface area contributed by atoms with Crippen LogP contribution < -0.4 is 0 Å². The number of carboxylic acids is 1. The summed E-state index contributed by atoms with van der Waals surface area (Å²) < 4.78 is 10.6. The van der Waals surface area contributed by atoms with Crippen LogP contribution in [0.5, 0.6) is 0 Å². The number of hydrogen-bond donors (Lipinski definition) is 1. The predicted octanol–water partition coefficient (Wildman–Crippen LogP) is 1.59. The average Bonchev–Trinajstić information content (AvgIpc) is 2.76. The molecule has 0 unspecified atom stereocenters. The van der Waals surface area contributed by atoms with E-state index in [0.717, 1.165) is 37.6 Å². The number of carbonyl (C=O) groups is 1. The van der Waals surface area contributed by atoms with Gasteiger partial charge in [-0.25, -0.2) is 4.98 Å². The topological polar surface area (TPSA) is 72.6 Å². The number of aromatic nitrogens is 1. The second kappa shape index (κ2) is 5.12. The molecule has 2 heterocycles. The zero-order chi connectivity index (χ0) is 11.4. The summed E-state index contributed by atoms with van der Waals surface area (Å²) in [6, 6.07) is 0. The van der Waals surface area contributed by atoms with Crippen LogP contribution in [-0.2, 0) is 16.0 Å². The lowest BCUT2D eigenvalue weighted by Crippen LogP contribution is -2.14. The number of aliphatic carboxylic acids is 1. The van der Waals surface area contributed by atoms with Gasteiger partial charge < -0.3 is 14.3 Å². The Morgan fingerprint density at radius 2 is 2.25 bits per heavy atom. The third-order valence-corrected chi connectivity index (χ3v) is 2.74. The summed E-state index contributed by atoms with van der Waals surface area (Å²) in [4.78, 5) is 14.7. The maximum atomic E-state index is 10.4. The van der Waals surface area contributed by atoms with Gasteiger partial charge in [-0.15, -0.1) is 0 Å². The average molecular weight is 225 g/mol. The number of hydrogen-bond acceptors (Lipinski definition) is 4. The normalized spacial score (nSPS) is 17.5. The first-order valence-corrected chi connectivity index (χ1v) is 5.49. The Kier molecular flexibility index (Phi) is 3.56. The van der Waals surface area contributed by atoms with Gasteiger partial charge in [0.1, 0.15) is 6.26 Å². The molecule has 1 N–H and O–H groups in total. The van der Waals surface area contributed by atoms with Gasteiger partial charge in [0.25, 0.3) is 0 Å². The van der Waals surface area contributed by atoms with Gasteiger partial charge in [-0.1, -0.05) is 0 Å². The molecule has 2 rings (SSSR count). The maximum absolute atomic E-state index is 10.4. The molecule has 0 aromatic carbocycles. The molecule has 0 aliphatic carbocycles. The Morgan fingerprint density at radius 3 is 2.94 bits per heavy atom. The number of oxazole rings is 1. The van der Waals surface area contributed by atoms with E-state index in [1.165, 1.54) is 0 Å². The molecule has 1 aliphatic rings. The quantitative estimate of drug-likeness (QED) is 0.842. The van der Waals surface area contributed by atoms with Crippen molar-refractivity contribution >= 4 is 5.97 Å². The fourth-order valence-corrected chi connectivity index (χ4v) is 1.80. The minimum atomic E-state index is -0.810. The van der Waals surface area contributed by atoms with Crippen molar-refractivity contribution in [2.45, 2.75) is 31.6 Å². The maximum Gasteiger partial charge on any atom is 0.303 e. The molecular weight excluding hydrogens is 210 g/mol. The van der Waals surface area contributed by atoms with Crippen molar-refractivity contribution < 1.29 is 19.1 Å². The summed E-state index contributed by atoms with van der Waals surface area (Å²) in [5.41, 5.74) is 0.726. The molecule has 1 aromatic rings. The molecule has 1 fully saturated rings. The SMILES string of the molecule is O=C(O)CCc1coc(C2CCOCC2)n1. The zero-order valence-corrected chi connectivity index (χ0v) is 9.02. The third kappa shape index (κ3) is 2.82. The van der Waals surface area contributed by atoms with Crippen LogP contribution in [0.4, 0.5) is 0 Å². The van der Waals surface area contributed by atoms with Crippen molar-refractivity contribution in [3.8, 4) is 0 Å². The number of aryl methyl sites for hydroxylation is 1. The van der Waals surface area contributed by atoms with Crippen LogP contribution >= 0.6 is 0 Å². The molecule has 1 saturated heterocycles. The molecule has 0 bridgehead atoms. The second-order valence-corrected chi connectivity index (χ2v) is 3.96. The lowest BCUT2D eigenvalue weighted by Gasteiger charge is -2.18. The van der Waals surface area contributed by atoms with Crippen molar-refractivity contribution in [1.82, 2.24) is 4.98 Å². The van der Waals surface area contributed by atoms with Gasteiger partial charge in [0.05, 0.1) is 12.1 Å². The van der Waals surface area contributed by atoms with E-state index in [-0.39, 0.29) is 6.42 Å². The Labute approximate surface area is 93.4 Å². The van der Waals surface area contributed by atoms with Gasteiger partial charge in [0.15, 0.2) is 5.89 Å². The molecule has 0 atom stereocenters. The van der Waals surface area contributed by atoms with Crippen molar-refractivity contribution in [2.24, 2.45) is 0 Å². The van der Waals surface area contributed by atoms with E-state index in [1.807, 2.05) is 0 Å². The molecule has 0 spiro atoms. The number of nitrogens with zero attached hydrogens (tertiary/aromatic N) is 1. The zero-order valence-electron chi connectivity index (χ0n) is 9.02. The van der Waals surface area contributed by atoms with Crippen molar-refractivity contribution in [3.05, 3.63) is 17.8 Å². The van der Waals surface area contributed by atoms with Crippen LogP contribution in [0.1, 0.15) is 36.8 Å². The predicted molar refractivity (Wildman–Crippen MR) is 55.3 cm³/mol.